The summed E-state index contributed by atoms with van der Waals surface area (Å²) in [5, 5.41) is 9.13. The lowest BCUT2D eigenvalue weighted by Crippen LogP contribution is -2.40. The lowest BCUT2D eigenvalue weighted by Gasteiger charge is -2.32. The van der Waals surface area contributed by atoms with Crippen molar-refractivity contribution in [3.8, 4) is 11.4 Å². The average molecular weight is 342 g/mol. The largest absolute Gasteiger partial charge is 0.478 e. The van der Waals surface area contributed by atoms with Crippen molar-refractivity contribution >= 4 is 11.9 Å². The maximum Gasteiger partial charge on any atom is 0.335 e. The van der Waals surface area contributed by atoms with Gasteiger partial charge in [-0.05, 0) is 37.5 Å². The summed E-state index contributed by atoms with van der Waals surface area (Å²) >= 11 is 0. The first-order chi connectivity index (χ1) is 12.2. The number of aromatic nitrogens is 3. The number of piperidine rings is 1. The number of hydrogen-bond donors (Lipinski definition) is 1. The van der Waals surface area contributed by atoms with Crippen LogP contribution in [0.1, 0.15) is 36.5 Å². The van der Waals surface area contributed by atoms with E-state index in [0.29, 0.717) is 17.3 Å². The molecular weight excluding hydrogens is 320 g/mol. The highest BCUT2D eigenvalue weighted by Crippen LogP contribution is 2.21. The van der Waals surface area contributed by atoms with Crippen LogP contribution >= 0.6 is 0 Å². The summed E-state index contributed by atoms with van der Waals surface area (Å²) in [4.78, 5) is 26.5. The van der Waals surface area contributed by atoms with E-state index in [2.05, 4.69) is 26.8 Å². The zero-order valence-electron chi connectivity index (χ0n) is 14.3. The van der Waals surface area contributed by atoms with Crippen molar-refractivity contribution in [1.29, 1.82) is 0 Å². The number of carboxylic acid groups (broad SMARTS) is 1. The summed E-state index contributed by atoms with van der Waals surface area (Å²) in [7, 11) is 0. The van der Waals surface area contributed by atoms with E-state index in [1.807, 2.05) is 0 Å². The van der Waals surface area contributed by atoms with Gasteiger partial charge in [0, 0.05) is 32.1 Å². The van der Waals surface area contributed by atoms with Crippen molar-refractivity contribution in [2.75, 3.05) is 24.6 Å². The number of hydrogen-bond acceptors (Lipinski definition) is 6. The zero-order chi connectivity index (χ0) is 17.6. The second kappa shape index (κ2) is 8.02. The fourth-order valence-electron chi connectivity index (χ4n) is 2.89. The van der Waals surface area contributed by atoms with Crippen LogP contribution in [0.3, 0.4) is 0 Å². The molecule has 1 atom stereocenters. The molecular formula is C18H22N4O3. The van der Waals surface area contributed by atoms with Crippen LogP contribution in [0.4, 0.5) is 5.95 Å². The molecule has 0 saturated carbocycles. The van der Waals surface area contributed by atoms with Gasteiger partial charge in [0.15, 0.2) is 0 Å². The minimum Gasteiger partial charge on any atom is -0.478 e. The minimum absolute atomic E-state index is 0.191. The molecule has 0 unspecified atom stereocenters. The Morgan fingerprint density at radius 1 is 1.32 bits per heavy atom. The Bertz CT molecular complexity index is 738. The van der Waals surface area contributed by atoms with Crippen molar-refractivity contribution < 1.29 is 14.6 Å². The molecule has 1 saturated heterocycles. The van der Waals surface area contributed by atoms with Crippen LogP contribution in [0.15, 0.2) is 30.6 Å². The third-order valence-electron chi connectivity index (χ3n) is 4.13. The number of carboxylic acids is 1. The molecule has 1 fully saturated rings. The summed E-state index contributed by atoms with van der Waals surface area (Å²) in [5.74, 6) is -0.352. The highest BCUT2D eigenvalue weighted by Gasteiger charge is 2.22. The quantitative estimate of drug-likeness (QED) is 0.863. The third-order valence-corrected chi connectivity index (χ3v) is 4.13. The molecule has 1 aliphatic rings. The first-order valence-corrected chi connectivity index (χ1v) is 8.56. The fraction of sp³-hybridized carbons (Fsp3) is 0.444. The SMILES string of the molecule is CCCO[C@H]1CCCN(c2nccc(-c3cc(C(=O)O)ccn3)n2)C1. The number of rotatable bonds is 6. The monoisotopic (exact) mass is 342 g/mol. The number of ether oxygens (including phenoxy) is 1. The van der Waals surface area contributed by atoms with Crippen LogP contribution in [-0.4, -0.2) is 51.8 Å². The molecule has 0 spiro atoms. The van der Waals surface area contributed by atoms with Gasteiger partial charge in [-0.2, -0.15) is 0 Å². The molecule has 132 valence electrons. The van der Waals surface area contributed by atoms with Crippen LogP contribution in [0, 0.1) is 0 Å². The van der Waals surface area contributed by atoms with Gasteiger partial charge in [0.2, 0.25) is 5.95 Å². The molecule has 0 radical (unpaired) electrons. The molecule has 7 heteroatoms. The molecule has 3 rings (SSSR count). The molecule has 1 N–H and O–H groups in total. The smallest absolute Gasteiger partial charge is 0.335 e. The molecule has 1 aliphatic heterocycles. The molecule has 0 bridgehead atoms. The lowest BCUT2D eigenvalue weighted by atomic mass is 10.1. The molecule has 0 amide bonds. The molecule has 25 heavy (non-hydrogen) atoms. The molecule has 0 aromatic carbocycles. The summed E-state index contributed by atoms with van der Waals surface area (Å²) in [6, 6.07) is 4.73. The summed E-state index contributed by atoms with van der Waals surface area (Å²) in [6.07, 6.45) is 6.47. The predicted octanol–water partition coefficient (Wildman–Crippen LogP) is 2.63. The van der Waals surface area contributed by atoms with Crippen LogP contribution in [0.25, 0.3) is 11.4 Å². The second-order valence-corrected chi connectivity index (χ2v) is 6.06. The van der Waals surface area contributed by atoms with Gasteiger partial charge < -0.3 is 14.7 Å². The van der Waals surface area contributed by atoms with Gasteiger partial charge in [0.05, 0.1) is 23.1 Å². The maximum absolute atomic E-state index is 11.1. The topological polar surface area (TPSA) is 88.4 Å². The van der Waals surface area contributed by atoms with Crippen molar-refractivity contribution in [3.63, 3.8) is 0 Å². The van der Waals surface area contributed by atoms with Crippen molar-refractivity contribution in [2.45, 2.75) is 32.3 Å². The number of carbonyl (C=O) groups is 1. The van der Waals surface area contributed by atoms with Gasteiger partial charge in [-0.25, -0.2) is 14.8 Å². The standard InChI is InChI=1S/C18H22N4O3/c1-2-10-25-14-4-3-9-22(12-14)18-20-8-6-15(21-18)16-11-13(17(23)24)5-7-19-16/h5-8,11,14H,2-4,9-10,12H2,1H3,(H,23,24)/t14-/m0/s1. The van der Waals surface area contributed by atoms with Crippen molar-refractivity contribution in [1.82, 2.24) is 15.0 Å². The van der Waals surface area contributed by atoms with Crippen LogP contribution in [0.2, 0.25) is 0 Å². The van der Waals surface area contributed by atoms with Crippen LogP contribution in [-0.2, 0) is 4.74 Å². The second-order valence-electron chi connectivity index (χ2n) is 6.06. The highest BCUT2D eigenvalue weighted by atomic mass is 16.5. The Kier molecular flexibility index (Phi) is 5.55. The highest BCUT2D eigenvalue weighted by molar-refractivity contribution is 5.88. The van der Waals surface area contributed by atoms with E-state index < -0.39 is 5.97 Å². The van der Waals surface area contributed by atoms with E-state index in [9.17, 15) is 4.79 Å². The average Bonchev–Trinajstić information content (AvgIpc) is 2.67. The Morgan fingerprint density at radius 3 is 2.96 bits per heavy atom. The van der Waals surface area contributed by atoms with Gasteiger partial charge in [0.1, 0.15) is 0 Å². The lowest BCUT2D eigenvalue weighted by molar-refractivity contribution is 0.0437. The maximum atomic E-state index is 11.1. The minimum atomic E-state index is -0.982. The molecule has 7 nitrogen and oxygen atoms in total. The number of anilines is 1. The predicted molar refractivity (Wildman–Crippen MR) is 93.7 cm³/mol. The van der Waals surface area contributed by atoms with Gasteiger partial charge in [-0.3, -0.25) is 4.98 Å². The Labute approximate surface area is 146 Å². The molecule has 2 aromatic heterocycles. The fourth-order valence-corrected chi connectivity index (χ4v) is 2.89. The van der Waals surface area contributed by atoms with Gasteiger partial charge in [0.25, 0.3) is 0 Å². The Balaban J connectivity index is 1.79. The molecule has 2 aromatic rings. The zero-order valence-corrected chi connectivity index (χ0v) is 14.3. The number of nitrogens with zero attached hydrogens (tertiary/aromatic N) is 4. The van der Waals surface area contributed by atoms with Gasteiger partial charge >= 0.3 is 5.97 Å². The number of pyridine rings is 1. The van der Waals surface area contributed by atoms with E-state index >= 15 is 0 Å². The molecule has 0 aliphatic carbocycles. The van der Waals surface area contributed by atoms with Crippen LogP contribution < -0.4 is 4.90 Å². The first kappa shape index (κ1) is 17.3. The van der Waals surface area contributed by atoms with Gasteiger partial charge in [-0.1, -0.05) is 6.92 Å². The Hall–Kier alpha value is -2.54. The van der Waals surface area contributed by atoms with Crippen LogP contribution in [0.5, 0.6) is 0 Å². The van der Waals surface area contributed by atoms with Gasteiger partial charge in [-0.15, -0.1) is 0 Å². The molecule has 3 heterocycles. The third kappa shape index (κ3) is 4.30. The van der Waals surface area contributed by atoms with E-state index in [4.69, 9.17) is 9.84 Å². The first-order valence-electron chi connectivity index (χ1n) is 8.56. The van der Waals surface area contributed by atoms with E-state index in [1.165, 1.54) is 18.3 Å². The summed E-state index contributed by atoms with van der Waals surface area (Å²) < 4.78 is 5.87. The summed E-state index contributed by atoms with van der Waals surface area (Å²) in [5.41, 5.74) is 1.33. The van der Waals surface area contributed by atoms with Crippen molar-refractivity contribution in [2.24, 2.45) is 0 Å². The Morgan fingerprint density at radius 2 is 2.16 bits per heavy atom. The normalized spacial score (nSPS) is 17.5. The number of aromatic carboxylic acids is 1. The van der Waals surface area contributed by atoms with Crippen molar-refractivity contribution in [3.05, 3.63) is 36.2 Å². The van der Waals surface area contributed by atoms with E-state index in [0.717, 1.165) is 39.0 Å². The van der Waals surface area contributed by atoms with E-state index in [1.54, 1.807) is 12.3 Å². The summed E-state index contributed by atoms with van der Waals surface area (Å²) in [6.45, 7) is 4.53. The van der Waals surface area contributed by atoms with E-state index in [-0.39, 0.29) is 11.7 Å².